The van der Waals surface area contributed by atoms with E-state index in [0.29, 0.717) is 18.6 Å². The van der Waals surface area contributed by atoms with Gasteiger partial charge in [-0.25, -0.2) is 13.1 Å². The molecule has 1 aliphatic heterocycles. The molecule has 0 aromatic heterocycles. The van der Waals surface area contributed by atoms with E-state index in [4.69, 9.17) is 5.26 Å². The minimum atomic E-state index is -3.81. The van der Waals surface area contributed by atoms with Gasteiger partial charge in [-0.05, 0) is 38.8 Å². The van der Waals surface area contributed by atoms with Crippen LogP contribution in [-0.2, 0) is 10.0 Å². The third kappa shape index (κ3) is 4.30. The van der Waals surface area contributed by atoms with Gasteiger partial charge in [-0.3, -0.25) is 4.90 Å². The summed E-state index contributed by atoms with van der Waals surface area (Å²) in [4.78, 5) is 2.14. The fraction of sp³-hybridized carbons (Fsp3) is 0.562. The van der Waals surface area contributed by atoms with Crippen molar-refractivity contribution in [1.29, 1.82) is 5.26 Å². The Morgan fingerprint density at radius 1 is 1.35 bits per heavy atom. The van der Waals surface area contributed by atoms with E-state index in [0.717, 1.165) is 12.8 Å². The molecule has 1 saturated heterocycles. The lowest BCUT2D eigenvalue weighted by Crippen LogP contribution is -2.43. The summed E-state index contributed by atoms with van der Waals surface area (Å²) >= 11 is 0. The molecule has 126 valence electrons. The van der Waals surface area contributed by atoms with Crippen molar-refractivity contribution in [2.75, 3.05) is 13.1 Å². The molecular weight excluding hydrogens is 314 g/mol. The van der Waals surface area contributed by atoms with Crippen molar-refractivity contribution in [2.45, 2.75) is 49.8 Å². The lowest BCUT2D eigenvalue weighted by molar-refractivity contribution is 0.0941. The molecule has 1 aromatic carbocycles. The molecule has 3 atom stereocenters. The summed E-state index contributed by atoms with van der Waals surface area (Å²) < 4.78 is 27.0. The molecular formula is C16H23N3O3S. The lowest BCUT2D eigenvalue weighted by Gasteiger charge is -2.28. The Balaban J connectivity index is 1.98. The van der Waals surface area contributed by atoms with E-state index in [2.05, 4.69) is 23.5 Å². The van der Waals surface area contributed by atoms with Crippen LogP contribution in [0.5, 0.6) is 0 Å². The molecule has 1 fully saturated rings. The van der Waals surface area contributed by atoms with Crippen LogP contribution in [0.1, 0.15) is 32.3 Å². The molecule has 6 nitrogen and oxygen atoms in total. The quantitative estimate of drug-likeness (QED) is 0.810. The van der Waals surface area contributed by atoms with Crippen LogP contribution in [0, 0.1) is 11.3 Å². The molecule has 0 bridgehead atoms. The van der Waals surface area contributed by atoms with E-state index in [1.54, 1.807) is 12.1 Å². The largest absolute Gasteiger partial charge is 0.390 e. The first-order chi connectivity index (χ1) is 10.8. The zero-order chi connectivity index (χ0) is 17.0. The number of aliphatic hydroxyl groups is 1. The third-order valence-corrected chi connectivity index (χ3v) is 5.84. The molecule has 2 N–H and O–H groups in total. The molecule has 2 unspecified atom stereocenters. The number of nitriles is 1. The molecule has 7 heteroatoms. The number of hydrogen-bond acceptors (Lipinski definition) is 5. The number of sulfonamides is 1. The van der Waals surface area contributed by atoms with Crippen molar-refractivity contribution in [1.82, 2.24) is 9.62 Å². The fourth-order valence-electron chi connectivity index (χ4n) is 2.99. The highest BCUT2D eigenvalue weighted by Gasteiger charge is 2.29. The SMILES string of the molecule is CC1CCC(C)N1C[C@@H](O)CNS(=O)(=O)c1ccccc1C#N. The van der Waals surface area contributed by atoms with Gasteiger partial charge in [0.1, 0.15) is 6.07 Å². The Bertz CT molecular complexity index is 674. The van der Waals surface area contributed by atoms with E-state index >= 15 is 0 Å². The summed E-state index contributed by atoms with van der Waals surface area (Å²) in [6, 6.07) is 8.69. The number of aliphatic hydroxyl groups excluding tert-OH is 1. The maximum Gasteiger partial charge on any atom is 0.241 e. The van der Waals surface area contributed by atoms with Gasteiger partial charge in [0, 0.05) is 25.2 Å². The maximum absolute atomic E-state index is 12.3. The molecule has 0 radical (unpaired) electrons. The molecule has 23 heavy (non-hydrogen) atoms. The highest BCUT2D eigenvalue weighted by Crippen LogP contribution is 2.23. The minimum Gasteiger partial charge on any atom is -0.390 e. The van der Waals surface area contributed by atoms with Gasteiger partial charge < -0.3 is 5.11 Å². The van der Waals surface area contributed by atoms with Crippen molar-refractivity contribution >= 4 is 10.0 Å². The number of nitrogens with one attached hydrogen (secondary N) is 1. The number of hydrogen-bond donors (Lipinski definition) is 2. The van der Waals surface area contributed by atoms with Gasteiger partial charge in [0.2, 0.25) is 10.0 Å². The summed E-state index contributed by atoms with van der Waals surface area (Å²) in [6.45, 7) is 4.59. The Hall–Kier alpha value is -1.46. The summed E-state index contributed by atoms with van der Waals surface area (Å²) in [6.07, 6.45) is 1.40. The van der Waals surface area contributed by atoms with Gasteiger partial charge in [-0.15, -0.1) is 0 Å². The molecule has 0 aliphatic carbocycles. The van der Waals surface area contributed by atoms with E-state index in [1.807, 2.05) is 6.07 Å². The molecule has 1 heterocycles. The highest BCUT2D eigenvalue weighted by atomic mass is 32.2. The first kappa shape index (κ1) is 17.9. The number of nitrogens with zero attached hydrogens (tertiary/aromatic N) is 2. The van der Waals surface area contributed by atoms with Gasteiger partial charge in [-0.2, -0.15) is 5.26 Å². The van der Waals surface area contributed by atoms with Crippen LogP contribution in [-0.4, -0.2) is 49.7 Å². The Kier molecular flexibility index (Phi) is 5.76. The molecule has 0 spiro atoms. The Morgan fingerprint density at radius 3 is 2.57 bits per heavy atom. The van der Waals surface area contributed by atoms with Gasteiger partial charge in [0.05, 0.1) is 16.6 Å². The molecule has 0 saturated carbocycles. The highest BCUT2D eigenvalue weighted by molar-refractivity contribution is 7.89. The zero-order valence-corrected chi connectivity index (χ0v) is 14.3. The monoisotopic (exact) mass is 337 g/mol. The number of β-amino-alcohol motifs (C(OH)–C–C–N with tert-alkyl or cyclic N) is 1. The maximum atomic E-state index is 12.3. The Morgan fingerprint density at radius 2 is 1.96 bits per heavy atom. The van der Waals surface area contributed by atoms with Crippen LogP contribution >= 0.6 is 0 Å². The summed E-state index contributed by atoms with van der Waals surface area (Å²) in [7, 11) is -3.81. The molecule has 2 rings (SSSR count). The smallest absolute Gasteiger partial charge is 0.241 e. The van der Waals surface area contributed by atoms with Crippen molar-refractivity contribution in [3.8, 4) is 6.07 Å². The first-order valence-electron chi connectivity index (χ1n) is 7.77. The second-order valence-electron chi connectivity index (χ2n) is 6.09. The van der Waals surface area contributed by atoms with Crippen LogP contribution in [0.4, 0.5) is 0 Å². The van der Waals surface area contributed by atoms with Gasteiger partial charge in [-0.1, -0.05) is 12.1 Å². The standard InChI is InChI=1S/C16H23N3O3S/c1-12-7-8-13(2)19(12)11-15(20)10-18-23(21,22)16-6-4-3-5-14(16)9-17/h3-6,12-13,15,18,20H,7-8,10-11H2,1-2H3/t12?,13?,15-/m0/s1. The second-order valence-corrected chi connectivity index (χ2v) is 7.82. The average Bonchev–Trinajstić information content (AvgIpc) is 2.85. The summed E-state index contributed by atoms with van der Waals surface area (Å²) in [5.74, 6) is 0. The van der Waals surface area contributed by atoms with Crippen LogP contribution < -0.4 is 4.72 Å². The van der Waals surface area contributed by atoms with E-state index in [1.165, 1.54) is 12.1 Å². The average molecular weight is 337 g/mol. The van der Waals surface area contributed by atoms with Crippen molar-refractivity contribution in [2.24, 2.45) is 0 Å². The minimum absolute atomic E-state index is 0.0578. The van der Waals surface area contributed by atoms with Gasteiger partial charge in [0.25, 0.3) is 0 Å². The van der Waals surface area contributed by atoms with Crippen LogP contribution in [0.15, 0.2) is 29.2 Å². The van der Waals surface area contributed by atoms with E-state index in [-0.39, 0.29) is 17.0 Å². The van der Waals surface area contributed by atoms with Crippen LogP contribution in [0.25, 0.3) is 0 Å². The first-order valence-corrected chi connectivity index (χ1v) is 9.26. The topological polar surface area (TPSA) is 93.4 Å². The number of likely N-dealkylation sites (tertiary alicyclic amines) is 1. The van der Waals surface area contributed by atoms with Crippen LogP contribution in [0.2, 0.25) is 0 Å². The summed E-state index contributed by atoms with van der Waals surface area (Å²) in [5, 5.41) is 19.2. The van der Waals surface area contributed by atoms with Gasteiger partial charge >= 0.3 is 0 Å². The zero-order valence-electron chi connectivity index (χ0n) is 13.4. The predicted octanol–water partition coefficient (Wildman–Crippen LogP) is 1.07. The van der Waals surface area contributed by atoms with Crippen LogP contribution in [0.3, 0.4) is 0 Å². The number of benzene rings is 1. The Labute approximate surface area is 137 Å². The molecule has 1 aromatic rings. The van der Waals surface area contributed by atoms with Crippen molar-refractivity contribution in [3.63, 3.8) is 0 Å². The fourth-order valence-corrected chi connectivity index (χ4v) is 4.22. The van der Waals surface area contributed by atoms with Crippen molar-refractivity contribution in [3.05, 3.63) is 29.8 Å². The number of rotatable bonds is 6. The van der Waals surface area contributed by atoms with Gasteiger partial charge in [0.15, 0.2) is 0 Å². The second kappa shape index (κ2) is 7.41. The normalized spacial score (nSPS) is 23.6. The predicted molar refractivity (Wildman–Crippen MR) is 87.2 cm³/mol. The van der Waals surface area contributed by atoms with E-state index in [9.17, 15) is 13.5 Å². The molecule has 1 aliphatic rings. The lowest BCUT2D eigenvalue weighted by atomic mass is 10.2. The third-order valence-electron chi connectivity index (χ3n) is 4.36. The van der Waals surface area contributed by atoms with E-state index < -0.39 is 16.1 Å². The summed E-state index contributed by atoms with van der Waals surface area (Å²) in [5.41, 5.74) is 0.0938. The van der Waals surface area contributed by atoms with Crippen molar-refractivity contribution < 1.29 is 13.5 Å². The molecule has 0 amide bonds.